The number of fused-ring (bicyclic) bond motifs is 1. The minimum Gasteiger partial charge on any atom is -0.341 e. The second-order valence-electron chi connectivity index (χ2n) is 7.51. The Kier molecular flexibility index (Phi) is 4.96. The van der Waals surface area contributed by atoms with Gasteiger partial charge in [-0.05, 0) is 49.8 Å². The number of carbonyl (C=O) groups is 2. The third-order valence-corrected chi connectivity index (χ3v) is 6.90. The maximum Gasteiger partial charge on any atom is 0.250 e. The van der Waals surface area contributed by atoms with Gasteiger partial charge in [0.2, 0.25) is 11.8 Å². The van der Waals surface area contributed by atoms with Crippen LogP contribution in [0, 0.1) is 5.92 Å². The summed E-state index contributed by atoms with van der Waals surface area (Å²) in [6.45, 7) is 3.20. The number of amides is 2. The van der Waals surface area contributed by atoms with E-state index < -0.39 is 4.75 Å². The predicted molar refractivity (Wildman–Crippen MR) is 109 cm³/mol. The molecular weight excluding hydrogens is 356 g/mol. The third-order valence-electron chi connectivity index (χ3n) is 5.56. The Morgan fingerprint density at radius 1 is 1.11 bits per heavy atom. The first-order valence-corrected chi connectivity index (χ1v) is 10.3. The summed E-state index contributed by atoms with van der Waals surface area (Å²) in [4.78, 5) is 28.7. The number of thioether (sulfide) groups is 1. The van der Waals surface area contributed by atoms with Gasteiger partial charge >= 0.3 is 0 Å². The summed E-state index contributed by atoms with van der Waals surface area (Å²) >= 11 is 1.37. The number of anilines is 1. The first-order valence-electron chi connectivity index (χ1n) is 9.49. The minimum atomic E-state index is -1.10. The van der Waals surface area contributed by atoms with Crippen molar-refractivity contribution in [3.8, 4) is 0 Å². The molecule has 0 bridgehead atoms. The summed E-state index contributed by atoms with van der Waals surface area (Å²) in [6.07, 6.45) is 3.03. The van der Waals surface area contributed by atoms with Gasteiger partial charge in [0.25, 0.3) is 0 Å². The number of para-hydroxylation sites is 1. The molecule has 4 rings (SSSR count). The zero-order chi connectivity index (χ0) is 18.9. The molecule has 1 N–H and O–H groups in total. The summed E-state index contributed by atoms with van der Waals surface area (Å²) in [6, 6.07) is 18.2. The van der Waals surface area contributed by atoms with Gasteiger partial charge in [-0.25, -0.2) is 0 Å². The highest BCUT2D eigenvalue weighted by Crippen LogP contribution is 2.43. The summed E-state index contributed by atoms with van der Waals surface area (Å²) in [5, 5.41) is 2.90. The zero-order valence-corrected chi connectivity index (χ0v) is 16.3. The van der Waals surface area contributed by atoms with Gasteiger partial charge in [0.15, 0.2) is 4.75 Å². The van der Waals surface area contributed by atoms with Gasteiger partial charge in [0.05, 0.1) is 5.69 Å². The minimum absolute atomic E-state index is 0.0716. The highest BCUT2D eigenvalue weighted by atomic mass is 32.2. The summed E-state index contributed by atoms with van der Waals surface area (Å²) in [5.41, 5.74) is 2.15. The molecule has 0 saturated carbocycles. The van der Waals surface area contributed by atoms with Crippen LogP contribution in [0.15, 0.2) is 59.5 Å². The molecule has 2 aromatic rings. The first-order chi connectivity index (χ1) is 13.1. The zero-order valence-electron chi connectivity index (χ0n) is 15.5. The van der Waals surface area contributed by atoms with Crippen LogP contribution in [0.4, 0.5) is 5.69 Å². The van der Waals surface area contributed by atoms with Crippen molar-refractivity contribution >= 4 is 29.3 Å². The van der Waals surface area contributed by atoms with E-state index in [-0.39, 0.29) is 11.8 Å². The lowest BCUT2D eigenvalue weighted by molar-refractivity contribution is -0.138. The number of nitrogens with zero attached hydrogens (tertiary/aromatic N) is 1. The molecule has 27 heavy (non-hydrogen) atoms. The second kappa shape index (κ2) is 7.39. The van der Waals surface area contributed by atoms with E-state index in [0.29, 0.717) is 5.92 Å². The average molecular weight is 381 g/mol. The van der Waals surface area contributed by atoms with Crippen molar-refractivity contribution in [3.05, 3.63) is 60.2 Å². The van der Waals surface area contributed by atoms with Crippen molar-refractivity contribution in [3.63, 3.8) is 0 Å². The number of hydrogen-bond acceptors (Lipinski definition) is 3. The lowest BCUT2D eigenvalue weighted by atomic mass is 9.89. The van der Waals surface area contributed by atoms with E-state index in [2.05, 4.69) is 29.6 Å². The van der Waals surface area contributed by atoms with Gasteiger partial charge in [-0.2, -0.15) is 0 Å². The van der Waals surface area contributed by atoms with Crippen LogP contribution >= 0.6 is 11.8 Å². The molecule has 1 atom stereocenters. The maximum absolute atomic E-state index is 13.2. The van der Waals surface area contributed by atoms with E-state index in [1.54, 1.807) is 6.92 Å². The van der Waals surface area contributed by atoms with Gasteiger partial charge in [0, 0.05) is 18.0 Å². The van der Waals surface area contributed by atoms with Crippen molar-refractivity contribution in [2.45, 2.75) is 35.8 Å². The molecule has 2 amide bonds. The van der Waals surface area contributed by atoms with E-state index in [1.165, 1.54) is 17.3 Å². The van der Waals surface area contributed by atoms with Gasteiger partial charge < -0.3 is 10.2 Å². The van der Waals surface area contributed by atoms with Crippen molar-refractivity contribution in [1.82, 2.24) is 4.90 Å². The Bertz CT molecular complexity index is 846. The van der Waals surface area contributed by atoms with Crippen molar-refractivity contribution in [1.29, 1.82) is 0 Å². The molecule has 1 fully saturated rings. The standard InChI is InChI=1S/C22H24N2O2S/c1-22(20(25)23-18-9-5-6-10-19(18)27-22)21(26)24-13-11-17(12-14-24)15-16-7-3-2-4-8-16/h2-10,17H,11-15H2,1H3,(H,23,25). The second-order valence-corrected chi connectivity index (χ2v) is 8.97. The fourth-order valence-electron chi connectivity index (χ4n) is 3.90. The van der Waals surface area contributed by atoms with E-state index >= 15 is 0 Å². The Morgan fingerprint density at radius 2 is 1.78 bits per heavy atom. The number of likely N-dealkylation sites (tertiary alicyclic amines) is 1. The van der Waals surface area contributed by atoms with Crippen LogP contribution < -0.4 is 5.32 Å². The fraction of sp³-hybridized carbons (Fsp3) is 0.364. The normalized spacial score (nSPS) is 22.9. The molecule has 0 aliphatic carbocycles. The van der Waals surface area contributed by atoms with Gasteiger partial charge in [-0.1, -0.05) is 54.2 Å². The van der Waals surface area contributed by atoms with E-state index in [0.717, 1.165) is 42.9 Å². The lowest BCUT2D eigenvalue weighted by Crippen LogP contribution is -2.55. The SMILES string of the molecule is CC1(C(=O)N2CCC(Cc3ccccc3)CC2)Sc2ccccc2NC1=O. The summed E-state index contributed by atoms with van der Waals surface area (Å²) in [5.74, 6) is 0.304. The van der Waals surface area contributed by atoms with Crippen LogP contribution in [0.2, 0.25) is 0 Å². The maximum atomic E-state index is 13.2. The molecule has 0 radical (unpaired) electrons. The lowest BCUT2D eigenvalue weighted by Gasteiger charge is -2.39. The van der Waals surface area contributed by atoms with Crippen LogP contribution in [0.1, 0.15) is 25.3 Å². The Balaban J connectivity index is 1.41. The van der Waals surface area contributed by atoms with E-state index in [4.69, 9.17) is 0 Å². The smallest absolute Gasteiger partial charge is 0.250 e. The molecular formula is C22H24N2O2S. The molecule has 2 heterocycles. The van der Waals surface area contributed by atoms with Crippen molar-refractivity contribution < 1.29 is 9.59 Å². The number of rotatable bonds is 3. The number of carbonyl (C=O) groups excluding carboxylic acids is 2. The van der Waals surface area contributed by atoms with Crippen LogP contribution in [0.3, 0.4) is 0 Å². The molecule has 1 saturated heterocycles. The Labute approximate surface area is 164 Å². The van der Waals surface area contributed by atoms with Crippen LogP contribution in [0.25, 0.3) is 0 Å². The third kappa shape index (κ3) is 3.61. The molecule has 0 spiro atoms. The summed E-state index contributed by atoms with van der Waals surface area (Å²) < 4.78 is -1.10. The molecule has 4 nitrogen and oxygen atoms in total. The highest BCUT2D eigenvalue weighted by Gasteiger charge is 2.48. The number of benzene rings is 2. The number of nitrogens with one attached hydrogen (secondary N) is 1. The summed E-state index contributed by atoms with van der Waals surface area (Å²) in [7, 11) is 0. The monoisotopic (exact) mass is 380 g/mol. The quantitative estimate of drug-likeness (QED) is 0.820. The van der Waals surface area contributed by atoms with Gasteiger partial charge in [-0.15, -0.1) is 0 Å². The van der Waals surface area contributed by atoms with Crippen LogP contribution in [-0.4, -0.2) is 34.6 Å². The number of hydrogen-bond donors (Lipinski definition) is 1. The van der Waals surface area contributed by atoms with Crippen molar-refractivity contribution in [2.75, 3.05) is 18.4 Å². The van der Waals surface area contributed by atoms with E-state index in [9.17, 15) is 9.59 Å². The Morgan fingerprint density at radius 3 is 2.52 bits per heavy atom. The highest BCUT2D eigenvalue weighted by molar-refractivity contribution is 8.02. The molecule has 140 valence electrons. The molecule has 2 aromatic carbocycles. The van der Waals surface area contributed by atoms with Gasteiger partial charge in [-0.3, -0.25) is 9.59 Å². The van der Waals surface area contributed by atoms with Crippen LogP contribution in [0.5, 0.6) is 0 Å². The number of piperidine rings is 1. The largest absolute Gasteiger partial charge is 0.341 e. The molecule has 2 aliphatic heterocycles. The van der Waals surface area contributed by atoms with E-state index in [1.807, 2.05) is 35.2 Å². The van der Waals surface area contributed by atoms with Crippen molar-refractivity contribution in [2.24, 2.45) is 5.92 Å². The van der Waals surface area contributed by atoms with Gasteiger partial charge in [0.1, 0.15) is 0 Å². The Hall–Kier alpha value is -2.27. The fourth-order valence-corrected chi connectivity index (χ4v) is 5.07. The predicted octanol–water partition coefficient (Wildman–Crippen LogP) is 3.97. The average Bonchev–Trinajstić information content (AvgIpc) is 2.70. The molecule has 1 unspecified atom stereocenters. The molecule has 0 aromatic heterocycles. The molecule has 5 heteroatoms. The first kappa shape index (κ1) is 18.1. The molecule has 2 aliphatic rings. The van der Waals surface area contributed by atoms with Crippen LogP contribution in [-0.2, 0) is 16.0 Å². The topological polar surface area (TPSA) is 49.4 Å².